The molecule has 2 aliphatic carbocycles. The van der Waals surface area contributed by atoms with Gasteiger partial charge in [0, 0.05) is 11.8 Å². The molecular weight excluding hydrogens is 292 g/mol. The summed E-state index contributed by atoms with van der Waals surface area (Å²) in [6, 6.07) is 10.5. The summed E-state index contributed by atoms with van der Waals surface area (Å²) in [7, 11) is 0. The van der Waals surface area contributed by atoms with Gasteiger partial charge in [-0.05, 0) is 18.2 Å². The predicted octanol–water partition coefficient (Wildman–Crippen LogP) is 1.16. The van der Waals surface area contributed by atoms with Crippen LogP contribution in [0.1, 0.15) is 12.1 Å². The van der Waals surface area contributed by atoms with Crippen LogP contribution in [0, 0.1) is 23.2 Å². The van der Waals surface area contributed by atoms with E-state index in [0.29, 0.717) is 11.3 Å². The second-order valence-corrected chi connectivity index (χ2v) is 6.13. The van der Waals surface area contributed by atoms with Gasteiger partial charge in [-0.2, -0.15) is 5.26 Å². The highest BCUT2D eigenvalue weighted by molar-refractivity contribution is 5.40. The van der Waals surface area contributed by atoms with E-state index in [9.17, 15) is 14.9 Å². The molecule has 112 valence electrons. The van der Waals surface area contributed by atoms with E-state index >= 15 is 0 Å². The highest BCUT2D eigenvalue weighted by atomic mass is 16.2. The largest absolute Gasteiger partial charge is 0.352 e. The number of aromatic nitrogens is 3. The van der Waals surface area contributed by atoms with E-state index in [1.165, 1.54) is 13.9 Å². The molecule has 2 bridgehead atoms. The molecule has 23 heavy (non-hydrogen) atoms. The number of hydrogen-bond acceptors (Lipinski definition) is 3. The van der Waals surface area contributed by atoms with E-state index in [2.05, 4.69) is 12.1 Å². The molecule has 1 aromatic heterocycles. The lowest BCUT2D eigenvalue weighted by Gasteiger charge is -2.48. The van der Waals surface area contributed by atoms with Gasteiger partial charge in [0.1, 0.15) is 0 Å². The van der Waals surface area contributed by atoms with Crippen molar-refractivity contribution in [2.45, 2.75) is 12.1 Å². The molecule has 0 saturated carbocycles. The Labute approximate surface area is 130 Å². The second kappa shape index (κ2) is 4.02. The zero-order valence-corrected chi connectivity index (χ0v) is 12.0. The summed E-state index contributed by atoms with van der Waals surface area (Å²) in [6.45, 7) is 0. The Balaban J connectivity index is 1.83. The lowest BCUT2D eigenvalue weighted by Crippen LogP contribution is -2.52. The molecule has 4 aliphatic rings. The molecule has 6 rings (SSSR count). The number of para-hydroxylation sites is 1. The molecule has 3 heterocycles. The lowest BCUT2D eigenvalue weighted by molar-refractivity contribution is 0.132. The second-order valence-electron chi connectivity index (χ2n) is 6.13. The Bertz CT molecular complexity index is 1040. The Morgan fingerprint density at radius 2 is 1.65 bits per heavy atom. The van der Waals surface area contributed by atoms with Crippen LogP contribution >= 0.6 is 0 Å². The average Bonchev–Trinajstić information content (AvgIpc) is 2.80. The van der Waals surface area contributed by atoms with Crippen molar-refractivity contribution in [1.82, 2.24) is 13.9 Å². The van der Waals surface area contributed by atoms with Crippen molar-refractivity contribution in [2.24, 2.45) is 11.8 Å². The molecule has 0 spiro atoms. The van der Waals surface area contributed by atoms with Crippen molar-refractivity contribution >= 4 is 0 Å². The third-order valence-corrected chi connectivity index (χ3v) is 5.12. The molecule has 2 aromatic rings. The summed E-state index contributed by atoms with van der Waals surface area (Å²) in [6.07, 6.45) is 5.94. The van der Waals surface area contributed by atoms with Crippen molar-refractivity contribution < 1.29 is 0 Å². The number of allylic oxidation sites excluding steroid dienone is 4. The maximum absolute atomic E-state index is 12.9. The minimum Gasteiger partial charge on any atom is -0.245 e. The highest BCUT2D eigenvalue weighted by Crippen LogP contribution is 2.52. The van der Waals surface area contributed by atoms with Gasteiger partial charge in [0.15, 0.2) is 0 Å². The number of rotatable bonds is 1. The molecule has 6 nitrogen and oxygen atoms in total. The SMILES string of the molecule is N#CC1=CC2C3C=CC3C1n1c(=O)n(-c3ccccc3)c(=O)n12. The van der Waals surface area contributed by atoms with E-state index in [-0.39, 0.29) is 35.3 Å². The molecule has 6 heteroatoms. The van der Waals surface area contributed by atoms with Crippen LogP contribution in [0.2, 0.25) is 0 Å². The molecule has 0 amide bonds. The van der Waals surface area contributed by atoms with Gasteiger partial charge in [0.05, 0.1) is 29.4 Å². The fourth-order valence-corrected chi connectivity index (χ4v) is 4.05. The molecule has 4 atom stereocenters. The number of nitriles is 1. The van der Waals surface area contributed by atoms with E-state index in [1.807, 2.05) is 18.2 Å². The van der Waals surface area contributed by atoms with Crippen LogP contribution in [-0.2, 0) is 0 Å². The van der Waals surface area contributed by atoms with Crippen LogP contribution in [0.4, 0.5) is 0 Å². The standard InChI is InChI=1S/C17H12N4O2/c18-9-10-8-14-12-6-7-13(12)15(10)21-17(23)19(16(22)20(14)21)11-4-2-1-3-5-11/h1-8,12-15H. The molecule has 0 radical (unpaired) electrons. The smallest absolute Gasteiger partial charge is 0.245 e. The van der Waals surface area contributed by atoms with Crippen LogP contribution in [0.3, 0.4) is 0 Å². The topological polar surface area (TPSA) is 72.7 Å². The molecule has 0 saturated heterocycles. The predicted molar refractivity (Wildman–Crippen MR) is 82.2 cm³/mol. The minimum atomic E-state index is -0.379. The fourth-order valence-electron chi connectivity index (χ4n) is 4.05. The quantitative estimate of drug-likeness (QED) is 0.742. The van der Waals surface area contributed by atoms with E-state index < -0.39 is 0 Å². The third kappa shape index (κ3) is 1.33. The Morgan fingerprint density at radius 3 is 2.30 bits per heavy atom. The zero-order valence-electron chi connectivity index (χ0n) is 12.0. The van der Waals surface area contributed by atoms with Gasteiger partial charge in [-0.1, -0.05) is 30.4 Å². The van der Waals surface area contributed by atoms with E-state index in [0.717, 1.165) is 0 Å². The van der Waals surface area contributed by atoms with Gasteiger partial charge in [-0.25, -0.2) is 23.5 Å². The first-order valence-corrected chi connectivity index (χ1v) is 7.54. The van der Waals surface area contributed by atoms with Gasteiger partial charge < -0.3 is 0 Å². The van der Waals surface area contributed by atoms with Gasteiger partial charge in [0.25, 0.3) is 0 Å². The molecule has 0 fully saturated rings. The van der Waals surface area contributed by atoms with Crippen molar-refractivity contribution in [1.29, 1.82) is 5.26 Å². The lowest BCUT2D eigenvalue weighted by atomic mass is 9.66. The van der Waals surface area contributed by atoms with Crippen LogP contribution in [0.25, 0.3) is 5.69 Å². The van der Waals surface area contributed by atoms with Crippen LogP contribution in [0.15, 0.2) is 63.7 Å². The molecule has 4 unspecified atom stereocenters. The normalized spacial score (nSPS) is 29.3. The molecule has 0 N–H and O–H groups in total. The van der Waals surface area contributed by atoms with Crippen molar-refractivity contribution in [3.63, 3.8) is 0 Å². The van der Waals surface area contributed by atoms with E-state index in [1.54, 1.807) is 24.3 Å². The average molecular weight is 304 g/mol. The maximum Gasteiger partial charge on any atom is 0.352 e. The first-order valence-electron chi connectivity index (χ1n) is 7.54. The summed E-state index contributed by atoms with van der Waals surface area (Å²) in [5, 5.41) is 9.40. The van der Waals surface area contributed by atoms with Crippen LogP contribution in [0.5, 0.6) is 0 Å². The van der Waals surface area contributed by atoms with Crippen molar-refractivity contribution in [2.75, 3.05) is 0 Å². The number of hydrogen-bond donors (Lipinski definition) is 0. The van der Waals surface area contributed by atoms with Crippen molar-refractivity contribution in [3.05, 3.63) is 75.1 Å². The molecule has 2 aliphatic heterocycles. The Hall–Kier alpha value is -3.07. The van der Waals surface area contributed by atoms with Gasteiger partial charge >= 0.3 is 11.4 Å². The minimum absolute atomic E-state index is 0.128. The number of benzene rings is 1. The zero-order chi connectivity index (χ0) is 15.7. The first-order chi connectivity index (χ1) is 11.2. The summed E-state index contributed by atoms with van der Waals surface area (Å²) in [4.78, 5) is 25.8. The summed E-state index contributed by atoms with van der Waals surface area (Å²) < 4.78 is 4.19. The Kier molecular flexibility index (Phi) is 2.18. The maximum atomic E-state index is 12.9. The Morgan fingerprint density at radius 1 is 0.957 bits per heavy atom. The monoisotopic (exact) mass is 304 g/mol. The van der Waals surface area contributed by atoms with Gasteiger partial charge in [-0.3, -0.25) is 0 Å². The third-order valence-electron chi connectivity index (χ3n) is 5.12. The fraction of sp³-hybridized carbons (Fsp3) is 0.235. The molecule has 1 aromatic carbocycles. The van der Waals surface area contributed by atoms with E-state index in [4.69, 9.17) is 0 Å². The van der Waals surface area contributed by atoms with Gasteiger partial charge in [-0.15, -0.1) is 0 Å². The first kappa shape index (κ1) is 12.5. The van der Waals surface area contributed by atoms with Gasteiger partial charge in [0.2, 0.25) is 0 Å². The highest BCUT2D eigenvalue weighted by Gasteiger charge is 2.51. The molecular formula is C17H12N4O2. The summed E-state index contributed by atoms with van der Waals surface area (Å²) in [5.41, 5.74) is 0.405. The van der Waals surface area contributed by atoms with Crippen LogP contribution in [-0.4, -0.2) is 13.9 Å². The summed E-state index contributed by atoms with van der Waals surface area (Å²) >= 11 is 0. The van der Waals surface area contributed by atoms with Crippen LogP contribution < -0.4 is 11.4 Å². The number of nitrogens with zero attached hydrogens (tertiary/aromatic N) is 4. The van der Waals surface area contributed by atoms with Crippen molar-refractivity contribution in [3.8, 4) is 11.8 Å². The summed E-state index contributed by atoms with van der Waals surface area (Å²) in [5.74, 6) is 0.323.